The molecule has 0 bridgehead atoms. The molecule has 3 heteroatoms. The van der Waals surface area contributed by atoms with E-state index in [1.54, 1.807) is 6.92 Å². The minimum absolute atomic E-state index is 0.0720. The van der Waals surface area contributed by atoms with E-state index < -0.39 is 0 Å². The lowest BCUT2D eigenvalue weighted by Gasteiger charge is -2.35. The summed E-state index contributed by atoms with van der Waals surface area (Å²) in [7, 11) is 0. The SMILES string of the molecule is CC(=O)[C@H](CNC1CCC(C)(C)CC1)c1ccc(Cl)cc1. The Morgan fingerprint density at radius 2 is 1.86 bits per heavy atom. The Hall–Kier alpha value is -0.860. The highest BCUT2D eigenvalue weighted by atomic mass is 35.5. The van der Waals surface area contributed by atoms with Gasteiger partial charge in [0, 0.05) is 17.6 Å². The molecule has 2 rings (SSSR count). The predicted octanol–water partition coefficient (Wildman–Crippen LogP) is 4.57. The molecule has 1 aromatic rings. The number of hydrogen-bond donors (Lipinski definition) is 1. The van der Waals surface area contributed by atoms with Crippen molar-refractivity contribution in [2.24, 2.45) is 5.41 Å². The summed E-state index contributed by atoms with van der Waals surface area (Å²) in [4.78, 5) is 11.9. The second-order valence-electron chi connectivity index (χ2n) is 7.06. The normalized spacial score (nSPS) is 20.2. The van der Waals surface area contributed by atoms with Crippen molar-refractivity contribution < 1.29 is 4.79 Å². The molecule has 0 radical (unpaired) electrons. The molecule has 2 nitrogen and oxygen atoms in total. The Kier molecular flexibility index (Phi) is 5.45. The van der Waals surface area contributed by atoms with Crippen molar-refractivity contribution in [3.05, 3.63) is 34.9 Å². The zero-order valence-electron chi connectivity index (χ0n) is 13.3. The van der Waals surface area contributed by atoms with E-state index in [1.807, 2.05) is 24.3 Å². The maximum absolute atomic E-state index is 11.9. The molecular formula is C18H26ClNO. The van der Waals surface area contributed by atoms with Crippen LogP contribution in [0.1, 0.15) is 57.9 Å². The van der Waals surface area contributed by atoms with Crippen molar-refractivity contribution in [3.8, 4) is 0 Å². The van der Waals surface area contributed by atoms with Crippen molar-refractivity contribution in [2.75, 3.05) is 6.54 Å². The van der Waals surface area contributed by atoms with Gasteiger partial charge in [-0.15, -0.1) is 0 Å². The van der Waals surface area contributed by atoms with E-state index in [9.17, 15) is 4.79 Å². The van der Waals surface area contributed by atoms with Gasteiger partial charge < -0.3 is 5.32 Å². The number of rotatable bonds is 5. The highest BCUT2D eigenvalue weighted by molar-refractivity contribution is 6.30. The third-order valence-electron chi connectivity index (χ3n) is 4.71. The summed E-state index contributed by atoms with van der Waals surface area (Å²) in [6.07, 6.45) is 4.93. The van der Waals surface area contributed by atoms with Gasteiger partial charge in [-0.1, -0.05) is 37.6 Å². The molecule has 1 aliphatic carbocycles. The molecule has 0 amide bonds. The highest BCUT2D eigenvalue weighted by Crippen LogP contribution is 2.35. The maximum atomic E-state index is 11.9. The Bertz CT molecular complexity index is 470. The summed E-state index contributed by atoms with van der Waals surface area (Å²) >= 11 is 5.92. The van der Waals surface area contributed by atoms with E-state index in [2.05, 4.69) is 19.2 Å². The Morgan fingerprint density at radius 1 is 1.29 bits per heavy atom. The fourth-order valence-corrected chi connectivity index (χ4v) is 3.21. The van der Waals surface area contributed by atoms with Crippen LogP contribution < -0.4 is 5.32 Å². The number of ketones is 1. The highest BCUT2D eigenvalue weighted by Gasteiger charge is 2.27. The number of halogens is 1. The van der Waals surface area contributed by atoms with Crippen LogP contribution in [-0.4, -0.2) is 18.4 Å². The second kappa shape index (κ2) is 6.93. The first-order chi connectivity index (χ1) is 9.87. The largest absolute Gasteiger partial charge is 0.313 e. The van der Waals surface area contributed by atoms with Gasteiger partial charge >= 0.3 is 0 Å². The van der Waals surface area contributed by atoms with E-state index in [4.69, 9.17) is 11.6 Å². The molecule has 21 heavy (non-hydrogen) atoms. The molecule has 0 aliphatic heterocycles. The number of benzene rings is 1. The van der Waals surface area contributed by atoms with Crippen LogP contribution in [0.15, 0.2) is 24.3 Å². The monoisotopic (exact) mass is 307 g/mol. The van der Waals surface area contributed by atoms with Gasteiger partial charge in [0.25, 0.3) is 0 Å². The standard InChI is InChI=1S/C18H26ClNO/c1-13(21)17(14-4-6-15(19)7-5-14)12-20-16-8-10-18(2,3)11-9-16/h4-7,16-17,20H,8-12H2,1-3H3/t17-/m0/s1. The Balaban J connectivity index is 1.92. The topological polar surface area (TPSA) is 29.1 Å². The van der Waals surface area contributed by atoms with Crippen LogP contribution in [0.2, 0.25) is 5.02 Å². The molecule has 0 aromatic heterocycles. The molecule has 116 valence electrons. The molecule has 0 saturated heterocycles. The lowest BCUT2D eigenvalue weighted by atomic mass is 9.75. The first-order valence-electron chi connectivity index (χ1n) is 7.87. The van der Waals surface area contributed by atoms with Crippen molar-refractivity contribution in [1.82, 2.24) is 5.32 Å². The van der Waals surface area contributed by atoms with Gasteiger partial charge in [0.2, 0.25) is 0 Å². The first-order valence-corrected chi connectivity index (χ1v) is 8.24. The Labute approximate surface area is 133 Å². The molecule has 0 unspecified atom stereocenters. The smallest absolute Gasteiger partial charge is 0.138 e. The van der Waals surface area contributed by atoms with Gasteiger partial charge in [0.1, 0.15) is 5.78 Å². The van der Waals surface area contributed by atoms with Crippen molar-refractivity contribution >= 4 is 17.4 Å². The van der Waals surface area contributed by atoms with Gasteiger partial charge in [-0.2, -0.15) is 0 Å². The number of nitrogens with one attached hydrogen (secondary N) is 1. The zero-order chi connectivity index (χ0) is 15.5. The summed E-state index contributed by atoms with van der Waals surface area (Å²) < 4.78 is 0. The number of carbonyl (C=O) groups is 1. The minimum Gasteiger partial charge on any atom is -0.313 e. The number of hydrogen-bond acceptors (Lipinski definition) is 2. The fourth-order valence-electron chi connectivity index (χ4n) is 3.08. The molecule has 1 N–H and O–H groups in total. The average molecular weight is 308 g/mol. The van der Waals surface area contributed by atoms with Gasteiger partial charge in [-0.3, -0.25) is 4.79 Å². The molecule has 1 fully saturated rings. The third-order valence-corrected chi connectivity index (χ3v) is 4.96. The molecule has 1 aliphatic rings. The second-order valence-corrected chi connectivity index (χ2v) is 7.50. The van der Waals surface area contributed by atoms with Crippen LogP contribution in [0.25, 0.3) is 0 Å². The van der Waals surface area contributed by atoms with E-state index in [0.717, 1.165) is 12.1 Å². The summed E-state index contributed by atoms with van der Waals surface area (Å²) in [6, 6.07) is 8.18. The zero-order valence-corrected chi connectivity index (χ0v) is 14.0. The summed E-state index contributed by atoms with van der Waals surface area (Å²) in [5.74, 6) is 0.137. The third kappa shape index (κ3) is 4.82. The molecule has 1 aromatic carbocycles. The van der Waals surface area contributed by atoms with E-state index in [1.165, 1.54) is 25.7 Å². The van der Waals surface area contributed by atoms with Crippen LogP contribution in [0, 0.1) is 5.41 Å². The summed E-state index contributed by atoms with van der Waals surface area (Å²) in [6.45, 7) is 7.08. The van der Waals surface area contributed by atoms with Gasteiger partial charge in [0.05, 0.1) is 5.92 Å². The Morgan fingerprint density at radius 3 is 2.38 bits per heavy atom. The van der Waals surface area contributed by atoms with E-state index in [0.29, 0.717) is 16.5 Å². The average Bonchev–Trinajstić information content (AvgIpc) is 2.42. The van der Waals surface area contributed by atoms with Crippen LogP contribution >= 0.6 is 11.6 Å². The molecule has 1 atom stereocenters. The van der Waals surface area contributed by atoms with Crippen LogP contribution in [-0.2, 0) is 4.79 Å². The van der Waals surface area contributed by atoms with Crippen LogP contribution in [0.4, 0.5) is 0 Å². The van der Waals surface area contributed by atoms with Crippen molar-refractivity contribution in [1.29, 1.82) is 0 Å². The van der Waals surface area contributed by atoms with E-state index >= 15 is 0 Å². The molecule has 1 saturated carbocycles. The maximum Gasteiger partial charge on any atom is 0.138 e. The van der Waals surface area contributed by atoms with Gasteiger partial charge in [-0.25, -0.2) is 0 Å². The lowest BCUT2D eigenvalue weighted by molar-refractivity contribution is -0.118. The quantitative estimate of drug-likeness (QED) is 0.863. The number of Topliss-reactive ketones (excluding diaryl/α,β-unsaturated/α-hetero) is 1. The summed E-state index contributed by atoms with van der Waals surface area (Å²) in [5, 5.41) is 4.31. The predicted molar refractivity (Wildman–Crippen MR) is 88.9 cm³/mol. The van der Waals surface area contributed by atoms with Gasteiger partial charge in [0.15, 0.2) is 0 Å². The summed E-state index contributed by atoms with van der Waals surface area (Å²) in [5.41, 5.74) is 1.53. The molecular weight excluding hydrogens is 282 g/mol. The first kappa shape index (κ1) is 16.5. The molecule has 0 heterocycles. The van der Waals surface area contributed by atoms with E-state index in [-0.39, 0.29) is 11.7 Å². The minimum atomic E-state index is -0.0720. The van der Waals surface area contributed by atoms with Crippen LogP contribution in [0.3, 0.4) is 0 Å². The lowest BCUT2D eigenvalue weighted by Crippen LogP contribution is -2.38. The van der Waals surface area contributed by atoms with Crippen LogP contribution in [0.5, 0.6) is 0 Å². The van der Waals surface area contributed by atoms with Gasteiger partial charge in [-0.05, 0) is 55.7 Å². The number of carbonyl (C=O) groups excluding carboxylic acids is 1. The molecule has 0 spiro atoms. The van der Waals surface area contributed by atoms with Crippen molar-refractivity contribution in [3.63, 3.8) is 0 Å². The fraction of sp³-hybridized carbons (Fsp3) is 0.611. The van der Waals surface area contributed by atoms with Crippen molar-refractivity contribution in [2.45, 2.75) is 58.4 Å².